The number of aromatic nitrogens is 2. The summed E-state index contributed by atoms with van der Waals surface area (Å²) >= 11 is 0. The summed E-state index contributed by atoms with van der Waals surface area (Å²) in [5.41, 5.74) is 2.69. The summed E-state index contributed by atoms with van der Waals surface area (Å²) in [6, 6.07) is 3.84. The van der Waals surface area contributed by atoms with Gasteiger partial charge in [-0.1, -0.05) is 13.5 Å². The van der Waals surface area contributed by atoms with Crippen LogP contribution in [0.4, 0.5) is 0 Å². The zero-order valence-corrected chi connectivity index (χ0v) is 10.5. The molecule has 2 heterocycles. The molecule has 2 aromatic rings. The first-order valence-corrected chi connectivity index (χ1v) is 5.95. The van der Waals surface area contributed by atoms with Gasteiger partial charge in [-0.3, -0.25) is 0 Å². The van der Waals surface area contributed by atoms with Crippen molar-refractivity contribution in [2.45, 2.75) is 20.3 Å². The van der Waals surface area contributed by atoms with Crippen molar-refractivity contribution in [1.82, 2.24) is 9.97 Å². The quantitative estimate of drug-likeness (QED) is 0.812. The highest BCUT2D eigenvalue weighted by molar-refractivity contribution is 5.91. The molecule has 4 nitrogen and oxygen atoms in total. The maximum Gasteiger partial charge on any atom is 0.231 e. The highest BCUT2D eigenvalue weighted by Crippen LogP contribution is 2.37. The van der Waals surface area contributed by atoms with Gasteiger partial charge in [0.15, 0.2) is 11.5 Å². The molecule has 0 amide bonds. The van der Waals surface area contributed by atoms with Crippen LogP contribution in [0.1, 0.15) is 25.4 Å². The molecule has 0 saturated carbocycles. The van der Waals surface area contributed by atoms with Gasteiger partial charge in [-0.25, -0.2) is 9.97 Å². The molecule has 1 aliphatic heterocycles. The molecule has 0 atom stereocenters. The normalized spacial score (nSPS) is 13.0. The largest absolute Gasteiger partial charge is 0.454 e. The third kappa shape index (κ3) is 1.61. The fraction of sp³-hybridized carbons (Fsp3) is 0.286. The van der Waals surface area contributed by atoms with Gasteiger partial charge in [0.25, 0.3) is 0 Å². The molecule has 0 saturated heterocycles. The lowest BCUT2D eigenvalue weighted by Gasteiger charge is -2.08. The van der Waals surface area contributed by atoms with Crippen LogP contribution >= 0.6 is 0 Å². The Morgan fingerprint density at radius 3 is 2.67 bits per heavy atom. The van der Waals surface area contributed by atoms with Gasteiger partial charge in [-0.2, -0.15) is 0 Å². The Balaban J connectivity index is 2.34. The van der Waals surface area contributed by atoms with Crippen LogP contribution < -0.4 is 9.47 Å². The topological polar surface area (TPSA) is 44.2 Å². The second-order valence-electron chi connectivity index (χ2n) is 4.34. The molecule has 0 aliphatic carbocycles. The Bertz CT molecular complexity index is 650. The van der Waals surface area contributed by atoms with E-state index in [1.165, 1.54) is 0 Å². The van der Waals surface area contributed by atoms with Crippen LogP contribution in [-0.2, 0) is 6.42 Å². The number of fused-ring (bicyclic) bond motifs is 2. The Morgan fingerprint density at radius 1 is 1.28 bits per heavy atom. The number of hydrogen-bond donors (Lipinski definition) is 0. The molecule has 1 aliphatic rings. The Morgan fingerprint density at radius 2 is 2.00 bits per heavy atom. The summed E-state index contributed by atoms with van der Waals surface area (Å²) < 4.78 is 10.8. The lowest BCUT2D eigenvalue weighted by Crippen LogP contribution is -1.98. The molecular weight excluding hydrogens is 228 g/mol. The highest BCUT2D eigenvalue weighted by Gasteiger charge is 2.17. The molecule has 0 bridgehead atoms. The van der Waals surface area contributed by atoms with E-state index in [1.54, 1.807) is 0 Å². The molecule has 1 aromatic heterocycles. The van der Waals surface area contributed by atoms with E-state index in [1.807, 2.05) is 26.0 Å². The molecule has 92 valence electrons. The van der Waals surface area contributed by atoms with Crippen LogP contribution in [0.5, 0.6) is 11.5 Å². The minimum absolute atomic E-state index is 0.266. The van der Waals surface area contributed by atoms with Crippen LogP contribution in [-0.4, -0.2) is 16.8 Å². The summed E-state index contributed by atoms with van der Waals surface area (Å²) in [6.07, 6.45) is 0.796. The van der Waals surface area contributed by atoms with Crippen LogP contribution in [0.2, 0.25) is 0 Å². The van der Waals surface area contributed by atoms with E-state index < -0.39 is 0 Å². The fourth-order valence-corrected chi connectivity index (χ4v) is 2.05. The molecule has 3 rings (SSSR count). The highest BCUT2D eigenvalue weighted by atomic mass is 16.7. The lowest BCUT2D eigenvalue weighted by atomic mass is 10.1. The van der Waals surface area contributed by atoms with Gasteiger partial charge in [0.05, 0.1) is 11.2 Å². The van der Waals surface area contributed by atoms with Crippen molar-refractivity contribution in [3.05, 3.63) is 30.2 Å². The van der Waals surface area contributed by atoms with E-state index >= 15 is 0 Å². The third-order valence-corrected chi connectivity index (χ3v) is 2.96. The van der Waals surface area contributed by atoms with E-state index in [0.717, 1.165) is 45.9 Å². The number of allylic oxidation sites excluding steroid dienone is 1. The zero-order chi connectivity index (χ0) is 12.7. The van der Waals surface area contributed by atoms with Gasteiger partial charge in [0.2, 0.25) is 6.79 Å². The molecule has 0 radical (unpaired) electrons. The van der Waals surface area contributed by atoms with Crippen LogP contribution in [0.3, 0.4) is 0 Å². The number of ether oxygens (including phenoxy) is 2. The first kappa shape index (κ1) is 11.0. The van der Waals surface area contributed by atoms with Crippen molar-refractivity contribution < 1.29 is 9.47 Å². The molecule has 0 fully saturated rings. The third-order valence-electron chi connectivity index (χ3n) is 2.96. The predicted molar refractivity (Wildman–Crippen MR) is 69.7 cm³/mol. The van der Waals surface area contributed by atoms with Gasteiger partial charge >= 0.3 is 0 Å². The molecule has 0 spiro atoms. The van der Waals surface area contributed by atoms with E-state index in [0.29, 0.717) is 0 Å². The molecular formula is C14H14N2O2. The summed E-state index contributed by atoms with van der Waals surface area (Å²) in [6.45, 7) is 8.24. The first-order chi connectivity index (χ1) is 8.69. The van der Waals surface area contributed by atoms with Crippen molar-refractivity contribution in [1.29, 1.82) is 0 Å². The number of aryl methyl sites for hydroxylation is 1. The van der Waals surface area contributed by atoms with Crippen molar-refractivity contribution >= 4 is 16.5 Å². The Hall–Kier alpha value is -2.10. The molecule has 0 N–H and O–H groups in total. The van der Waals surface area contributed by atoms with E-state index in [9.17, 15) is 0 Å². The van der Waals surface area contributed by atoms with E-state index in [-0.39, 0.29) is 6.79 Å². The Labute approximate surface area is 105 Å². The smallest absolute Gasteiger partial charge is 0.231 e. The average Bonchev–Trinajstić information content (AvgIpc) is 2.81. The summed E-state index contributed by atoms with van der Waals surface area (Å²) in [5, 5.41) is 0.962. The minimum atomic E-state index is 0.266. The minimum Gasteiger partial charge on any atom is -0.454 e. The maximum atomic E-state index is 5.39. The maximum absolute atomic E-state index is 5.39. The van der Waals surface area contributed by atoms with Crippen LogP contribution in [0.25, 0.3) is 16.5 Å². The van der Waals surface area contributed by atoms with Crippen molar-refractivity contribution in [2.75, 3.05) is 6.79 Å². The predicted octanol–water partition coefficient (Wildman–Crippen LogP) is 2.95. The van der Waals surface area contributed by atoms with Gasteiger partial charge in [0.1, 0.15) is 5.82 Å². The van der Waals surface area contributed by atoms with E-state index in [4.69, 9.17) is 9.47 Å². The van der Waals surface area contributed by atoms with Crippen molar-refractivity contribution in [3.8, 4) is 11.5 Å². The summed E-state index contributed by atoms with van der Waals surface area (Å²) in [7, 11) is 0. The average molecular weight is 242 g/mol. The number of benzene rings is 1. The van der Waals surface area contributed by atoms with Crippen LogP contribution in [0.15, 0.2) is 18.7 Å². The SMILES string of the molecule is C=C(C)c1nc(CC)nc2cc3c(cc12)OCO3. The van der Waals surface area contributed by atoms with Gasteiger partial charge < -0.3 is 9.47 Å². The van der Waals surface area contributed by atoms with Gasteiger partial charge in [0, 0.05) is 17.9 Å². The second kappa shape index (κ2) is 3.98. The van der Waals surface area contributed by atoms with Crippen molar-refractivity contribution in [2.24, 2.45) is 0 Å². The molecule has 4 heteroatoms. The number of nitrogens with zero attached hydrogens (tertiary/aromatic N) is 2. The Kier molecular flexibility index (Phi) is 2.44. The fourth-order valence-electron chi connectivity index (χ4n) is 2.05. The first-order valence-electron chi connectivity index (χ1n) is 5.95. The van der Waals surface area contributed by atoms with Gasteiger partial charge in [-0.15, -0.1) is 0 Å². The summed E-state index contributed by atoms with van der Waals surface area (Å²) in [4.78, 5) is 9.06. The summed E-state index contributed by atoms with van der Waals surface area (Å²) in [5.74, 6) is 2.31. The molecule has 1 aromatic carbocycles. The monoisotopic (exact) mass is 242 g/mol. The molecule has 0 unspecified atom stereocenters. The van der Waals surface area contributed by atoms with E-state index in [2.05, 4.69) is 16.5 Å². The lowest BCUT2D eigenvalue weighted by molar-refractivity contribution is 0.174. The standard InChI is InChI=1S/C14H14N2O2/c1-4-13-15-10-6-12-11(17-7-18-12)5-9(10)14(16-13)8(2)3/h5-6H,2,4,7H2,1,3H3. The molecule has 18 heavy (non-hydrogen) atoms. The van der Waals surface area contributed by atoms with Crippen molar-refractivity contribution in [3.63, 3.8) is 0 Å². The zero-order valence-electron chi connectivity index (χ0n) is 10.5. The number of hydrogen-bond acceptors (Lipinski definition) is 4. The number of rotatable bonds is 2. The van der Waals surface area contributed by atoms with Gasteiger partial charge in [-0.05, 0) is 18.6 Å². The second-order valence-corrected chi connectivity index (χ2v) is 4.34. The van der Waals surface area contributed by atoms with Crippen LogP contribution in [0, 0.1) is 0 Å².